The van der Waals surface area contributed by atoms with E-state index >= 15 is 0 Å². The van der Waals surface area contributed by atoms with Crippen molar-refractivity contribution in [3.05, 3.63) is 107 Å². The molecular formula is C25H19N3O3. The smallest absolute Gasteiger partial charge is 0.335 e. The summed E-state index contributed by atoms with van der Waals surface area (Å²) in [6.45, 7) is 2.03. The predicted molar refractivity (Wildman–Crippen MR) is 117 cm³/mol. The Morgan fingerprint density at radius 3 is 2.29 bits per heavy atom. The number of hydrogen-bond acceptors (Lipinski definition) is 3. The topological polar surface area (TPSA) is 86.3 Å². The van der Waals surface area contributed by atoms with Crippen LogP contribution in [0.4, 0.5) is 5.69 Å². The molecule has 1 aliphatic rings. The molecule has 2 heterocycles. The highest BCUT2D eigenvalue weighted by molar-refractivity contribution is 6.11. The number of nitrogens with zero attached hydrogens (tertiary/aromatic N) is 2. The Labute approximate surface area is 178 Å². The molecule has 0 radical (unpaired) electrons. The molecule has 6 heteroatoms. The van der Waals surface area contributed by atoms with Crippen LogP contribution in [0.5, 0.6) is 0 Å². The molecule has 1 aliphatic heterocycles. The molecule has 0 saturated heterocycles. The van der Waals surface area contributed by atoms with Crippen LogP contribution in [0.3, 0.4) is 0 Å². The zero-order valence-corrected chi connectivity index (χ0v) is 16.7. The van der Waals surface area contributed by atoms with Crippen LogP contribution in [0, 0.1) is 6.92 Å². The molecule has 2 N–H and O–H groups in total. The van der Waals surface area contributed by atoms with Gasteiger partial charge in [-0.1, -0.05) is 60.2 Å². The number of hydrogen-bond donors (Lipinski definition) is 2. The molecule has 6 nitrogen and oxygen atoms in total. The highest BCUT2D eigenvalue weighted by Gasteiger charge is 2.43. The van der Waals surface area contributed by atoms with Crippen LogP contribution in [0.2, 0.25) is 0 Å². The molecule has 152 valence electrons. The maximum absolute atomic E-state index is 13.4. The molecule has 0 saturated carbocycles. The van der Waals surface area contributed by atoms with Crippen LogP contribution < -0.4 is 4.90 Å². The summed E-state index contributed by atoms with van der Waals surface area (Å²) in [5.74, 6) is -1.20. The second-order valence-corrected chi connectivity index (χ2v) is 7.57. The number of aryl methyl sites for hydroxylation is 1. The second-order valence-electron chi connectivity index (χ2n) is 7.57. The number of rotatable bonds is 4. The number of fused-ring (bicyclic) bond motifs is 1. The maximum atomic E-state index is 13.4. The van der Waals surface area contributed by atoms with E-state index in [0.717, 1.165) is 27.9 Å². The summed E-state index contributed by atoms with van der Waals surface area (Å²) >= 11 is 0. The quantitative estimate of drug-likeness (QED) is 0.505. The van der Waals surface area contributed by atoms with Gasteiger partial charge in [0.2, 0.25) is 0 Å². The molecule has 1 aromatic heterocycles. The Morgan fingerprint density at radius 1 is 0.968 bits per heavy atom. The average Bonchev–Trinajstić information content (AvgIpc) is 3.34. The Bertz CT molecular complexity index is 1280. The highest BCUT2D eigenvalue weighted by Crippen LogP contribution is 2.44. The molecule has 1 atom stereocenters. The van der Waals surface area contributed by atoms with Crippen molar-refractivity contribution < 1.29 is 14.7 Å². The summed E-state index contributed by atoms with van der Waals surface area (Å²) in [5, 5.41) is 16.6. The summed E-state index contributed by atoms with van der Waals surface area (Å²) in [5.41, 5.74) is 5.84. The van der Waals surface area contributed by atoms with E-state index in [2.05, 4.69) is 10.2 Å². The second kappa shape index (κ2) is 7.25. The number of carboxylic acids is 1. The van der Waals surface area contributed by atoms with Crippen molar-refractivity contribution in [2.75, 3.05) is 4.90 Å². The third-order valence-corrected chi connectivity index (χ3v) is 5.60. The Kier molecular flexibility index (Phi) is 4.40. The van der Waals surface area contributed by atoms with Gasteiger partial charge in [0.1, 0.15) is 5.69 Å². The van der Waals surface area contributed by atoms with Crippen LogP contribution in [0.1, 0.15) is 43.6 Å². The van der Waals surface area contributed by atoms with Gasteiger partial charge in [-0.05, 0) is 36.8 Å². The molecule has 3 aromatic carbocycles. The third kappa shape index (κ3) is 3.09. The van der Waals surface area contributed by atoms with E-state index in [9.17, 15) is 14.7 Å². The highest BCUT2D eigenvalue weighted by atomic mass is 16.4. The number of benzene rings is 3. The molecular weight excluding hydrogens is 390 g/mol. The minimum absolute atomic E-state index is 0.173. The van der Waals surface area contributed by atoms with E-state index in [-0.39, 0.29) is 17.5 Å². The molecule has 0 spiro atoms. The summed E-state index contributed by atoms with van der Waals surface area (Å²) in [4.78, 5) is 26.4. The van der Waals surface area contributed by atoms with Gasteiger partial charge in [0.25, 0.3) is 5.91 Å². The lowest BCUT2D eigenvalue weighted by Crippen LogP contribution is -2.29. The van der Waals surface area contributed by atoms with Crippen molar-refractivity contribution in [2.45, 2.75) is 13.0 Å². The van der Waals surface area contributed by atoms with E-state index in [1.54, 1.807) is 17.0 Å². The van der Waals surface area contributed by atoms with E-state index in [4.69, 9.17) is 0 Å². The maximum Gasteiger partial charge on any atom is 0.335 e. The zero-order valence-electron chi connectivity index (χ0n) is 16.7. The lowest BCUT2D eigenvalue weighted by Gasteiger charge is -2.26. The molecule has 0 fully saturated rings. The zero-order chi connectivity index (χ0) is 21.5. The van der Waals surface area contributed by atoms with E-state index in [1.165, 1.54) is 12.1 Å². The molecule has 0 aliphatic carbocycles. The van der Waals surface area contributed by atoms with Gasteiger partial charge in [0, 0.05) is 16.8 Å². The van der Waals surface area contributed by atoms with Crippen LogP contribution in [0.15, 0.2) is 78.9 Å². The lowest BCUT2D eigenvalue weighted by atomic mass is 9.95. The Morgan fingerprint density at radius 2 is 1.65 bits per heavy atom. The monoisotopic (exact) mass is 409 g/mol. The number of aromatic nitrogens is 2. The molecule has 5 rings (SSSR count). The first kappa shape index (κ1) is 18.8. The van der Waals surface area contributed by atoms with Gasteiger partial charge in [0.15, 0.2) is 0 Å². The van der Waals surface area contributed by atoms with Gasteiger partial charge >= 0.3 is 5.97 Å². The van der Waals surface area contributed by atoms with E-state index < -0.39 is 5.97 Å². The number of carboxylic acid groups (broad SMARTS) is 1. The standard InChI is InChI=1S/C25H19N3O3/c1-15-7-9-16(10-8-15)21-20-22(27-26-21)24(29)28(23(20)17-5-3-2-4-6-17)19-13-11-18(12-14-19)25(30)31/h2-14,23H,1H3,(H,26,27)(H,30,31)/t23-/m1/s1. The molecule has 31 heavy (non-hydrogen) atoms. The van der Waals surface area contributed by atoms with Crippen molar-refractivity contribution in [3.63, 3.8) is 0 Å². The first-order valence-electron chi connectivity index (χ1n) is 9.92. The number of H-pyrrole nitrogens is 1. The SMILES string of the molecule is Cc1ccc(-c2n[nH]c3c2[C@@H](c2ccccc2)N(c2ccc(C(=O)O)cc2)C3=O)cc1. The number of anilines is 1. The van der Waals surface area contributed by atoms with E-state index in [1.807, 2.05) is 61.5 Å². The summed E-state index contributed by atoms with van der Waals surface area (Å²) < 4.78 is 0. The normalized spacial score (nSPS) is 15.2. The van der Waals surface area contributed by atoms with Crippen molar-refractivity contribution in [2.24, 2.45) is 0 Å². The minimum Gasteiger partial charge on any atom is -0.478 e. The Balaban J connectivity index is 1.68. The predicted octanol–water partition coefficient (Wildman–Crippen LogP) is 4.83. The number of nitrogens with one attached hydrogen (secondary N) is 1. The molecule has 1 amide bonds. The fourth-order valence-electron chi connectivity index (χ4n) is 4.06. The van der Waals surface area contributed by atoms with Gasteiger partial charge in [-0.15, -0.1) is 0 Å². The average molecular weight is 409 g/mol. The number of amides is 1. The first-order valence-corrected chi connectivity index (χ1v) is 9.92. The molecule has 0 bridgehead atoms. The van der Waals surface area contributed by atoms with Gasteiger partial charge < -0.3 is 5.11 Å². The van der Waals surface area contributed by atoms with Crippen LogP contribution in [-0.4, -0.2) is 27.2 Å². The fourth-order valence-corrected chi connectivity index (χ4v) is 4.06. The Hall–Kier alpha value is -4.19. The van der Waals surface area contributed by atoms with Crippen molar-refractivity contribution in [1.29, 1.82) is 0 Å². The van der Waals surface area contributed by atoms with E-state index in [0.29, 0.717) is 11.4 Å². The first-order chi connectivity index (χ1) is 15.0. The van der Waals surface area contributed by atoms with Crippen molar-refractivity contribution in [3.8, 4) is 11.3 Å². The van der Waals surface area contributed by atoms with Gasteiger partial charge in [-0.25, -0.2) is 4.79 Å². The number of aromatic carboxylic acids is 1. The van der Waals surface area contributed by atoms with Crippen molar-refractivity contribution in [1.82, 2.24) is 10.2 Å². The van der Waals surface area contributed by atoms with Crippen LogP contribution >= 0.6 is 0 Å². The summed E-state index contributed by atoms with van der Waals surface area (Å²) in [6.07, 6.45) is 0. The largest absolute Gasteiger partial charge is 0.478 e. The number of carbonyl (C=O) groups is 2. The fraction of sp³-hybridized carbons (Fsp3) is 0.0800. The van der Waals surface area contributed by atoms with Gasteiger partial charge in [-0.2, -0.15) is 5.10 Å². The summed E-state index contributed by atoms with van der Waals surface area (Å²) in [6, 6.07) is 23.8. The molecule has 0 unspecified atom stereocenters. The van der Waals surface area contributed by atoms with Crippen molar-refractivity contribution >= 4 is 17.6 Å². The van der Waals surface area contributed by atoms with Crippen LogP contribution in [0.25, 0.3) is 11.3 Å². The summed E-state index contributed by atoms with van der Waals surface area (Å²) in [7, 11) is 0. The molecule has 4 aromatic rings. The third-order valence-electron chi connectivity index (χ3n) is 5.60. The number of carbonyl (C=O) groups excluding carboxylic acids is 1. The van der Waals surface area contributed by atoms with Gasteiger partial charge in [-0.3, -0.25) is 14.8 Å². The van der Waals surface area contributed by atoms with Crippen LogP contribution in [-0.2, 0) is 0 Å². The minimum atomic E-state index is -1.00. The lowest BCUT2D eigenvalue weighted by molar-refractivity contribution is 0.0696. The number of aromatic amines is 1. The van der Waals surface area contributed by atoms with Gasteiger partial charge in [0.05, 0.1) is 17.3 Å².